The van der Waals surface area contributed by atoms with Gasteiger partial charge in [-0.15, -0.1) is 0 Å². The lowest BCUT2D eigenvalue weighted by Gasteiger charge is -2.16. The van der Waals surface area contributed by atoms with E-state index in [1.807, 2.05) is 0 Å². The Hall–Kier alpha value is -1.77. The number of rotatable bonds is 3. The minimum Gasteiger partial charge on any atom is -0.508 e. The minimum atomic E-state index is -0.216. The molecule has 0 aromatic heterocycles. The van der Waals surface area contributed by atoms with Gasteiger partial charge in [-0.1, -0.05) is 19.9 Å². The smallest absolute Gasteiger partial charge is 0.146 e. The molecule has 2 nitrogen and oxygen atoms in total. The fourth-order valence-corrected chi connectivity index (χ4v) is 2.49. The molecule has 1 fully saturated rings. The zero-order valence-corrected chi connectivity index (χ0v) is 11.2. The molecule has 2 aromatic rings. The largest absolute Gasteiger partial charge is 0.508 e. The van der Waals surface area contributed by atoms with Gasteiger partial charge in [0.15, 0.2) is 0 Å². The second-order valence-electron chi connectivity index (χ2n) is 5.63. The first-order chi connectivity index (χ1) is 9.06. The summed E-state index contributed by atoms with van der Waals surface area (Å²) in [5.41, 5.74) is 1.57. The Bertz CT molecular complexity index is 632. The van der Waals surface area contributed by atoms with Gasteiger partial charge in [-0.25, -0.2) is 4.39 Å². The van der Waals surface area contributed by atoms with Crippen LogP contribution in [-0.2, 0) is 0 Å². The molecule has 2 N–H and O–H groups in total. The summed E-state index contributed by atoms with van der Waals surface area (Å²) in [5, 5.41) is 14.9. The number of anilines is 1. The van der Waals surface area contributed by atoms with E-state index in [-0.39, 0.29) is 17.5 Å². The number of phenolic OH excluding ortho intramolecular Hbond substituents is 1. The Morgan fingerprint density at radius 2 is 2.00 bits per heavy atom. The van der Waals surface area contributed by atoms with Crippen LogP contribution in [0.3, 0.4) is 0 Å². The van der Waals surface area contributed by atoms with Crippen molar-refractivity contribution in [3.8, 4) is 5.75 Å². The minimum absolute atomic E-state index is 0.216. The molecule has 0 aliphatic heterocycles. The number of hydrogen-bond acceptors (Lipinski definition) is 2. The standard InChI is InChI=1S/C16H18FNO/c1-9(2)13-8-12(19)7-10-3-6-14(17)16(15(10)13)18-11-4-5-11/h3,6-9,11,18-19H,4-5H2,1-2H3. The van der Waals surface area contributed by atoms with Crippen LogP contribution in [0.5, 0.6) is 5.75 Å². The third-order valence-electron chi connectivity index (χ3n) is 3.63. The van der Waals surface area contributed by atoms with Gasteiger partial charge in [-0.3, -0.25) is 0 Å². The molecule has 0 spiro atoms. The Balaban J connectivity index is 2.28. The Morgan fingerprint density at radius 3 is 2.63 bits per heavy atom. The summed E-state index contributed by atoms with van der Waals surface area (Å²) in [6.45, 7) is 4.11. The lowest BCUT2D eigenvalue weighted by Crippen LogP contribution is -2.05. The molecule has 0 amide bonds. The van der Waals surface area contributed by atoms with E-state index in [4.69, 9.17) is 0 Å². The van der Waals surface area contributed by atoms with Gasteiger partial charge < -0.3 is 10.4 Å². The molecule has 0 atom stereocenters. The van der Waals surface area contributed by atoms with Crippen molar-refractivity contribution >= 4 is 16.5 Å². The van der Waals surface area contributed by atoms with Crippen molar-refractivity contribution < 1.29 is 9.50 Å². The number of phenols is 1. The zero-order chi connectivity index (χ0) is 13.6. The van der Waals surface area contributed by atoms with E-state index < -0.39 is 0 Å². The van der Waals surface area contributed by atoms with Crippen LogP contribution >= 0.6 is 0 Å². The number of fused-ring (bicyclic) bond motifs is 1. The fourth-order valence-electron chi connectivity index (χ4n) is 2.49. The van der Waals surface area contributed by atoms with Gasteiger partial charge in [0.1, 0.15) is 11.6 Å². The number of nitrogens with one attached hydrogen (secondary N) is 1. The number of benzene rings is 2. The highest BCUT2D eigenvalue weighted by atomic mass is 19.1. The van der Waals surface area contributed by atoms with Crippen LogP contribution in [0.2, 0.25) is 0 Å². The van der Waals surface area contributed by atoms with Crippen molar-refractivity contribution in [2.75, 3.05) is 5.32 Å². The maximum atomic E-state index is 14.1. The number of halogens is 1. The Morgan fingerprint density at radius 1 is 1.26 bits per heavy atom. The maximum absolute atomic E-state index is 14.1. The van der Waals surface area contributed by atoms with E-state index in [2.05, 4.69) is 19.2 Å². The van der Waals surface area contributed by atoms with Gasteiger partial charge in [-0.05, 0) is 47.9 Å². The summed E-state index contributed by atoms with van der Waals surface area (Å²) in [5.74, 6) is 0.253. The molecule has 0 bridgehead atoms. The second kappa shape index (κ2) is 4.41. The van der Waals surface area contributed by atoms with Crippen LogP contribution in [0.15, 0.2) is 24.3 Å². The molecule has 1 aliphatic carbocycles. The molecular weight excluding hydrogens is 241 g/mol. The summed E-state index contributed by atoms with van der Waals surface area (Å²) >= 11 is 0. The van der Waals surface area contributed by atoms with E-state index in [1.165, 1.54) is 6.07 Å². The van der Waals surface area contributed by atoms with Crippen molar-refractivity contribution in [1.29, 1.82) is 0 Å². The molecule has 1 saturated carbocycles. The van der Waals surface area contributed by atoms with Gasteiger partial charge in [-0.2, -0.15) is 0 Å². The van der Waals surface area contributed by atoms with E-state index in [0.717, 1.165) is 29.2 Å². The van der Waals surface area contributed by atoms with Crippen molar-refractivity contribution in [3.05, 3.63) is 35.6 Å². The molecule has 100 valence electrons. The van der Waals surface area contributed by atoms with Crippen LogP contribution in [0.25, 0.3) is 10.8 Å². The molecule has 0 radical (unpaired) electrons. The van der Waals surface area contributed by atoms with E-state index >= 15 is 0 Å². The summed E-state index contributed by atoms with van der Waals surface area (Å²) in [6, 6.07) is 7.03. The van der Waals surface area contributed by atoms with Crippen LogP contribution in [0.4, 0.5) is 10.1 Å². The van der Waals surface area contributed by atoms with Crippen molar-refractivity contribution in [3.63, 3.8) is 0 Å². The molecule has 0 heterocycles. The first kappa shape index (κ1) is 12.3. The highest BCUT2D eigenvalue weighted by Crippen LogP contribution is 2.38. The van der Waals surface area contributed by atoms with Gasteiger partial charge in [0.2, 0.25) is 0 Å². The fraction of sp³-hybridized carbons (Fsp3) is 0.375. The molecule has 0 unspecified atom stereocenters. The molecule has 3 rings (SSSR count). The van der Waals surface area contributed by atoms with Crippen LogP contribution < -0.4 is 5.32 Å². The monoisotopic (exact) mass is 259 g/mol. The van der Waals surface area contributed by atoms with E-state index in [9.17, 15) is 9.50 Å². The van der Waals surface area contributed by atoms with Crippen molar-refractivity contribution in [2.24, 2.45) is 0 Å². The average Bonchev–Trinajstić information content (AvgIpc) is 3.15. The summed E-state index contributed by atoms with van der Waals surface area (Å²) in [4.78, 5) is 0. The molecule has 1 aliphatic rings. The topological polar surface area (TPSA) is 32.3 Å². The van der Waals surface area contributed by atoms with Crippen molar-refractivity contribution in [2.45, 2.75) is 38.6 Å². The van der Waals surface area contributed by atoms with Crippen LogP contribution in [0, 0.1) is 5.82 Å². The molecule has 3 heteroatoms. The normalized spacial score (nSPS) is 15.2. The Kier molecular flexibility index (Phi) is 2.85. The number of aromatic hydroxyl groups is 1. The molecular formula is C16H18FNO. The third kappa shape index (κ3) is 2.25. The van der Waals surface area contributed by atoms with Crippen molar-refractivity contribution in [1.82, 2.24) is 0 Å². The lowest BCUT2D eigenvalue weighted by atomic mass is 9.94. The SMILES string of the molecule is CC(C)c1cc(O)cc2ccc(F)c(NC3CC3)c12. The van der Waals surface area contributed by atoms with Crippen LogP contribution in [0.1, 0.15) is 38.2 Å². The molecule has 0 saturated heterocycles. The predicted octanol–water partition coefficient (Wildman–Crippen LogP) is 4.38. The summed E-state index contributed by atoms with van der Waals surface area (Å²) in [6.07, 6.45) is 2.20. The van der Waals surface area contributed by atoms with Gasteiger partial charge in [0.25, 0.3) is 0 Å². The third-order valence-corrected chi connectivity index (χ3v) is 3.63. The second-order valence-corrected chi connectivity index (χ2v) is 5.63. The first-order valence-corrected chi connectivity index (χ1v) is 6.78. The van der Waals surface area contributed by atoms with Crippen LogP contribution in [-0.4, -0.2) is 11.1 Å². The summed E-state index contributed by atoms with van der Waals surface area (Å²) < 4.78 is 14.1. The molecule has 19 heavy (non-hydrogen) atoms. The van der Waals surface area contributed by atoms with Gasteiger partial charge in [0, 0.05) is 11.4 Å². The highest BCUT2D eigenvalue weighted by Gasteiger charge is 2.24. The van der Waals surface area contributed by atoms with E-state index in [0.29, 0.717) is 11.7 Å². The predicted molar refractivity (Wildman–Crippen MR) is 76.3 cm³/mol. The summed E-state index contributed by atoms with van der Waals surface area (Å²) in [7, 11) is 0. The lowest BCUT2D eigenvalue weighted by molar-refractivity contribution is 0.475. The maximum Gasteiger partial charge on any atom is 0.146 e. The van der Waals surface area contributed by atoms with E-state index in [1.54, 1.807) is 18.2 Å². The van der Waals surface area contributed by atoms with Gasteiger partial charge >= 0.3 is 0 Å². The van der Waals surface area contributed by atoms with Gasteiger partial charge in [0.05, 0.1) is 5.69 Å². The Labute approximate surface area is 112 Å². The zero-order valence-electron chi connectivity index (χ0n) is 11.2. The molecule has 2 aromatic carbocycles. The quantitative estimate of drug-likeness (QED) is 0.857. The number of hydrogen-bond donors (Lipinski definition) is 2. The average molecular weight is 259 g/mol. The first-order valence-electron chi connectivity index (χ1n) is 6.78. The highest BCUT2D eigenvalue weighted by molar-refractivity contribution is 5.98.